The highest BCUT2D eigenvalue weighted by Gasteiger charge is 2.16. The Kier molecular flexibility index (Phi) is 6.42. The van der Waals surface area contributed by atoms with E-state index in [1.807, 2.05) is 55.5 Å². The number of methoxy groups -OCH3 is 1. The number of nitrogens with zero attached hydrogens (tertiary/aromatic N) is 2. The van der Waals surface area contributed by atoms with Crippen LogP contribution in [0.2, 0.25) is 0 Å². The molecule has 3 rings (SSSR count). The fraction of sp³-hybridized carbons (Fsp3) is 0.391. The van der Waals surface area contributed by atoms with Gasteiger partial charge in [0, 0.05) is 38.0 Å². The SMILES string of the molecule is COc1cc(C)c(CNC(=O)Nc2ccc(C3C=NN(C)C3)cc2)cc1C(C)C. The van der Waals surface area contributed by atoms with E-state index in [0.29, 0.717) is 18.4 Å². The molecule has 1 heterocycles. The molecule has 6 nitrogen and oxygen atoms in total. The average molecular weight is 395 g/mol. The van der Waals surface area contributed by atoms with Gasteiger partial charge in [0.05, 0.1) is 7.11 Å². The number of ether oxygens (including phenoxy) is 1. The lowest BCUT2D eigenvalue weighted by Gasteiger charge is -2.17. The molecule has 1 aliphatic rings. The van der Waals surface area contributed by atoms with E-state index in [1.54, 1.807) is 7.11 Å². The minimum absolute atomic E-state index is 0.221. The molecule has 2 N–H and O–H groups in total. The van der Waals surface area contributed by atoms with Crippen molar-refractivity contribution in [3.8, 4) is 5.75 Å². The molecule has 2 aromatic rings. The zero-order valence-electron chi connectivity index (χ0n) is 17.8. The number of carbonyl (C=O) groups is 1. The van der Waals surface area contributed by atoms with Crippen molar-refractivity contribution in [1.82, 2.24) is 10.3 Å². The summed E-state index contributed by atoms with van der Waals surface area (Å²) in [5, 5.41) is 12.0. The number of amides is 2. The quantitative estimate of drug-likeness (QED) is 0.760. The molecule has 0 bridgehead atoms. The van der Waals surface area contributed by atoms with Gasteiger partial charge in [-0.3, -0.25) is 5.01 Å². The van der Waals surface area contributed by atoms with Crippen LogP contribution in [0.5, 0.6) is 5.75 Å². The number of nitrogens with one attached hydrogen (secondary N) is 2. The highest BCUT2D eigenvalue weighted by atomic mass is 16.5. The predicted molar refractivity (Wildman–Crippen MR) is 118 cm³/mol. The van der Waals surface area contributed by atoms with Crippen molar-refractivity contribution >= 4 is 17.9 Å². The lowest BCUT2D eigenvalue weighted by atomic mass is 9.96. The lowest BCUT2D eigenvalue weighted by Crippen LogP contribution is -2.28. The second kappa shape index (κ2) is 8.99. The number of hydrogen-bond acceptors (Lipinski definition) is 4. The third-order valence-corrected chi connectivity index (χ3v) is 5.25. The van der Waals surface area contributed by atoms with Crippen molar-refractivity contribution < 1.29 is 9.53 Å². The summed E-state index contributed by atoms with van der Waals surface area (Å²) in [5.74, 6) is 1.54. The van der Waals surface area contributed by atoms with Crippen molar-refractivity contribution in [3.05, 3.63) is 58.7 Å². The number of hydrogen-bond donors (Lipinski definition) is 2. The first-order valence-corrected chi connectivity index (χ1v) is 9.94. The van der Waals surface area contributed by atoms with E-state index in [-0.39, 0.29) is 6.03 Å². The molecule has 1 unspecified atom stereocenters. The van der Waals surface area contributed by atoms with Crippen LogP contribution in [0.1, 0.15) is 47.9 Å². The molecule has 154 valence electrons. The summed E-state index contributed by atoms with van der Waals surface area (Å²) in [4.78, 5) is 12.3. The Balaban J connectivity index is 1.59. The van der Waals surface area contributed by atoms with Crippen LogP contribution in [0.15, 0.2) is 41.5 Å². The number of benzene rings is 2. The van der Waals surface area contributed by atoms with Crippen LogP contribution in [-0.2, 0) is 6.54 Å². The van der Waals surface area contributed by atoms with Crippen LogP contribution >= 0.6 is 0 Å². The number of urea groups is 1. The van der Waals surface area contributed by atoms with Gasteiger partial charge in [0.1, 0.15) is 5.75 Å². The largest absolute Gasteiger partial charge is 0.496 e. The van der Waals surface area contributed by atoms with E-state index in [1.165, 1.54) is 5.56 Å². The number of anilines is 1. The van der Waals surface area contributed by atoms with Gasteiger partial charge in [-0.1, -0.05) is 26.0 Å². The third kappa shape index (κ3) is 5.08. The summed E-state index contributed by atoms with van der Waals surface area (Å²) in [7, 11) is 3.65. The summed E-state index contributed by atoms with van der Waals surface area (Å²) in [5.41, 5.74) is 5.29. The normalized spacial score (nSPS) is 15.7. The first-order chi connectivity index (χ1) is 13.9. The molecule has 0 fully saturated rings. The van der Waals surface area contributed by atoms with Crippen molar-refractivity contribution in [1.29, 1.82) is 0 Å². The number of aryl methyl sites for hydroxylation is 1. The Morgan fingerprint density at radius 3 is 2.59 bits per heavy atom. The van der Waals surface area contributed by atoms with Gasteiger partial charge in [-0.05, 0) is 59.4 Å². The van der Waals surface area contributed by atoms with Crippen LogP contribution in [-0.4, -0.2) is 38.0 Å². The molecular formula is C23H30N4O2. The number of hydrazone groups is 1. The van der Waals surface area contributed by atoms with Gasteiger partial charge < -0.3 is 15.4 Å². The average Bonchev–Trinajstić information content (AvgIpc) is 3.13. The first-order valence-electron chi connectivity index (χ1n) is 9.94. The Morgan fingerprint density at radius 1 is 1.28 bits per heavy atom. The molecule has 0 aromatic heterocycles. The van der Waals surface area contributed by atoms with E-state index in [4.69, 9.17) is 4.74 Å². The maximum atomic E-state index is 12.3. The Bertz CT molecular complexity index is 890. The second-order valence-electron chi connectivity index (χ2n) is 7.82. The smallest absolute Gasteiger partial charge is 0.319 e. The highest BCUT2D eigenvalue weighted by molar-refractivity contribution is 5.89. The van der Waals surface area contributed by atoms with E-state index in [0.717, 1.165) is 34.7 Å². The summed E-state index contributed by atoms with van der Waals surface area (Å²) >= 11 is 0. The topological polar surface area (TPSA) is 66.0 Å². The summed E-state index contributed by atoms with van der Waals surface area (Å²) < 4.78 is 5.49. The monoisotopic (exact) mass is 394 g/mol. The molecule has 29 heavy (non-hydrogen) atoms. The maximum absolute atomic E-state index is 12.3. The molecule has 1 atom stereocenters. The molecule has 0 radical (unpaired) electrons. The molecule has 2 aromatic carbocycles. The summed E-state index contributed by atoms with van der Waals surface area (Å²) in [6, 6.07) is 11.9. The van der Waals surface area contributed by atoms with E-state index < -0.39 is 0 Å². The zero-order valence-corrected chi connectivity index (χ0v) is 17.8. The Labute approximate surface area is 172 Å². The summed E-state index contributed by atoms with van der Waals surface area (Å²) in [6.45, 7) is 7.65. The molecule has 1 aliphatic heterocycles. The second-order valence-corrected chi connectivity index (χ2v) is 7.82. The summed E-state index contributed by atoms with van der Waals surface area (Å²) in [6.07, 6.45) is 1.96. The maximum Gasteiger partial charge on any atom is 0.319 e. The van der Waals surface area contributed by atoms with Crippen LogP contribution in [0, 0.1) is 6.92 Å². The number of carbonyl (C=O) groups excluding carboxylic acids is 1. The van der Waals surface area contributed by atoms with E-state index in [9.17, 15) is 4.79 Å². The fourth-order valence-electron chi connectivity index (χ4n) is 3.49. The molecule has 6 heteroatoms. The van der Waals surface area contributed by atoms with E-state index in [2.05, 4.69) is 35.6 Å². The number of likely N-dealkylation sites (N-methyl/N-ethyl adjacent to an activating group) is 1. The van der Waals surface area contributed by atoms with Crippen LogP contribution in [0.3, 0.4) is 0 Å². The predicted octanol–water partition coefficient (Wildman–Crippen LogP) is 4.46. The molecule has 2 amide bonds. The highest BCUT2D eigenvalue weighted by Crippen LogP contribution is 2.29. The van der Waals surface area contributed by atoms with Gasteiger partial charge in [0.15, 0.2) is 0 Å². The molecule has 0 saturated heterocycles. The van der Waals surface area contributed by atoms with Gasteiger partial charge >= 0.3 is 6.03 Å². The van der Waals surface area contributed by atoms with Crippen LogP contribution < -0.4 is 15.4 Å². The van der Waals surface area contributed by atoms with Crippen LogP contribution in [0.25, 0.3) is 0 Å². The van der Waals surface area contributed by atoms with Crippen molar-refractivity contribution in [2.24, 2.45) is 5.10 Å². The van der Waals surface area contributed by atoms with Gasteiger partial charge in [0.25, 0.3) is 0 Å². The zero-order chi connectivity index (χ0) is 21.0. The first kappa shape index (κ1) is 20.7. The van der Waals surface area contributed by atoms with Crippen molar-refractivity contribution in [2.45, 2.75) is 39.2 Å². The minimum Gasteiger partial charge on any atom is -0.496 e. The molecule has 0 aliphatic carbocycles. The van der Waals surface area contributed by atoms with Gasteiger partial charge in [0.2, 0.25) is 0 Å². The lowest BCUT2D eigenvalue weighted by molar-refractivity contribution is 0.251. The molecule has 0 saturated carbocycles. The van der Waals surface area contributed by atoms with Crippen molar-refractivity contribution in [3.63, 3.8) is 0 Å². The van der Waals surface area contributed by atoms with Crippen molar-refractivity contribution in [2.75, 3.05) is 26.0 Å². The standard InChI is InChI=1S/C23H30N4O2/c1-15(2)21-11-18(16(3)10-22(21)29-5)12-24-23(28)26-20-8-6-17(7-9-20)19-13-25-27(4)14-19/h6-11,13,15,19H,12,14H2,1-5H3,(H2,24,26,28). The molecule has 0 spiro atoms. The van der Waals surface area contributed by atoms with Crippen LogP contribution in [0.4, 0.5) is 10.5 Å². The third-order valence-electron chi connectivity index (χ3n) is 5.25. The molecular weight excluding hydrogens is 364 g/mol. The van der Waals surface area contributed by atoms with Gasteiger partial charge in [-0.15, -0.1) is 0 Å². The number of rotatable bonds is 6. The van der Waals surface area contributed by atoms with Gasteiger partial charge in [-0.25, -0.2) is 4.79 Å². The Hall–Kier alpha value is -3.02. The minimum atomic E-state index is -0.221. The van der Waals surface area contributed by atoms with E-state index >= 15 is 0 Å². The fourth-order valence-corrected chi connectivity index (χ4v) is 3.49. The Morgan fingerprint density at radius 2 is 2.00 bits per heavy atom. The van der Waals surface area contributed by atoms with Gasteiger partial charge in [-0.2, -0.15) is 5.10 Å².